The van der Waals surface area contributed by atoms with Crippen molar-refractivity contribution in [2.24, 2.45) is 34.2 Å². The number of azide groups is 1. The molecule has 17 amide bonds. The number of nitrogens with two attached hydrogens (primary N) is 3. The Kier molecular flexibility index (Phi) is 34.8. The summed E-state index contributed by atoms with van der Waals surface area (Å²) >= 11 is 0. The molecule has 664 valence electrons. The molecule has 2 aromatic carbocycles. The molecule has 2 aromatic rings. The lowest BCUT2D eigenvalue weighted by Gasteiger charge is -2.33. The molecule has 1 unspecified atom stereocenters. The highest BCUT2D eigenvalue weighted by molar-refractivity contribution is 6.02. The number of aromatic hydroxyl groups is 1. The molecule has 8 rings (SSSR count). The second-order valence-corrected chi connectivity index (χ2v) is 32.6. The Hall–Kier alpha value is -12.5. The number of aliphatic carboxylic acids is 2. The van der Waals surface area contributed by atoms with E-state index in [-0.39, 0.29) is 159 Å². The zero-order valence-corrected chi connectivity index (χ0v) is 68.7. The van der Waals surface area contributed by atoms with Crippen molar-refractivity contribution in [3.63, 3.8) is 0 Å². The van der Waals surface area contributed by atoms with E-state index >= 15 is 14.4 Å². The maximum atomic E-state index is 15.4. The molecule has 0 saturated carbocycles. The largest absolute Gasteiger partial charge is 0.508 e. The zero-order chi connectivity index (χ0) is 89.3. The van der Waals surface area contributed by atoms with E-state index in [0.29, 0.717) is 17.5 Å². The van der Waals surface area contributed by atoms with E-state index in [9.17, 15) is 97.6 Å². The number of hydrogen-bond acceptors (Lipinski definition) is 21. The first-order chi connectivity index (χ1) is 57.9. The van der Waals surface area contributed by atoms with E-state index in [0.717, 1.165) is 9.80 Å². The minimum absolute atomic E-state index is 0.0153. The van der Waals surface area contributed by atoms with E-state index in [4.69, 9.17) is 17.2 Å². The first-order valence-electron chi connectivity index (χ1n) is 41.3. The molecule has 0 spiro atoms. The lowest BCUT2D eigenvalue weighted by Crippen LogP contribution is -2.61. The fraction of sp³-hybridized carbons (Fsp3) is 0.613. The Balaban J connectivity index is 0.973. The van der Waals surface area contributed by atoms with Crippen LogP contribution in [0, 0.1) is 11.8 Å². The smallest absolute Gasteiger partial charge is 0.326 e. The van der Waals surface area contributed by atoms with Crippen LogP contribution in [0.3, 0.4) is 0 Å². The minimum Gasteiger partial charge on any atom is -0.508 e. The van der Waals surface area contributed by atoms with Gasteiger partial charge in [-0.3, -0.25) is 86.3 Å². The van der Waals surface area contributed by atoms with Crippen molar-refractivity contribution in [3.05, 3.63) is 76.2 Å². The monoisotopic (exact) mass is 1700 g/mol. The van der Waals surface area contributed by atoms with Crippen LogP contribution in [-0.4, -0.2) is 276 Å². The third kappa shape index (κ3) is 26.7. The summed E-state index contributed by atoms with van der Waals surface area (Å²) < 4.78 is 0. The van der Waals surface area contributed by atoms with Crippen molar-refractivity contribution in [3.8, 4) is 5.75 Å². The summed E-state index contributed by atoms with van der Waals surface area (Å²) in [5.74, 6) is -17.4. The zero-order valence-electron chi connectivity index (χ0n) is 68.7. The first kappa shape index (κ1) is 95.0. The average molecular weight is 1710 g/mol. The fourth-order valence-corrected chi connectivity index (χ4v) is 16.3. The van der Waals surface area contributed by atoms with Gasteiger partial charge in [-0.1, -0.05) is 75.3 Å². The highest BCUT2D eigenvalue weighted by Gasteiger charge is 2.49. The van der Waals surface area contributed by atoms with Crippen molar-refractivity contribution < 1.29 is 106 Å². The van der Waals surface area contributed by atoms with Crippen molar-refractivity contribution in [1.29, 1.82) is 0 Å². The van der Waals surface area contributed by atoms with E-state index in [1.807, 2.05) is 0 Å². The molecule has 6 saturated heterocycles. The van der Waals surface area contributed by atoms with Crippen LogP contribution in [0.2, 0.25) is 0 Å². The van der Waals surface area contributed by atoms with Crippen LogP contribution in [0.25, 0.3) is 10.4 Å². The molecule has 0 aliphatic carbocycles. The summed E-state index contributed by atoms with van der Waals surface area (Å²) in [5, 5.41) is 57.3. The van der Waals surface area contributed by atoms with Crippen molar-refractivity contribution in [2.75, 3.05) is 32.7 Å². The number of phenolic OH excluding ortho intramolecular Hbond substituents is 1. The van der Waals surface area contributed by atoms with Gasteiger partial charge in [-0.25, -0.2) is 4.79 Å². The Morgan fingerprint density at radius 1 is 0.451 bits per heavy atom. The molecule has 42 heteroatoms. The molecule has 0 aromatic heterocycles. The molecule has 6 aliphatic heterocycles. The summed E-state index contributed by atoms with van der Waals surface area (Å²) in [6.07, 6.45) is -3.04. The van der Waals surface area contributed by atoms with Gasteiger partial charge in [0.2, 0.25) is 100 Å². The third-order valence-electron chi connectivity index (χ3n) is 22.5. The van der Waals surface area contributed by atoms with E-state index in [1.165, 1.54) is 39.0 Å². The number of nitrogens with one attached hydrogen (secondary N) is 9. The highest BCUT2D eigenvalue weighted by atomic mass is 16.4. The molecule has 6 heterocycles. The summed E-state index contributed by atoms with van der Waals surface area (Å²) in [6.45, 7) is 6.44. The number of carboxylic acid groups (broad SMARTS) is 2. The number of phenols is 1. The topological polar surface area (TPSA) is 636 Å². The lowest BCUT2D eigenvalue weighted by molar-refractivity contribution is -0.146. The van der Waals surface area contributed by atoms with E-state index < -0.39 is 236 Å². The second kappa shape index (κ2) is 44.7. The predicted octanol–water partition coefficient (Wildman–Crippen LogP) is -2.58. The molecule has 6 fully saturated rings. The predicted molar refractivity (Wildman–Crippen MR) is 429 cm³/mol. The number of carbonyl (C=O) groups excluding carboxylic acids is 17. The number of benzene rings is 2. The SMILES string of the molecule is CC(C)C[C@H](NC(=O)[C@@H]1CCC(=O)N1)C(=O)N[C@@H](CCC(N)=O)C(=O)N1CCC[C@H]1C(=O)N[C@@H](Cc1ccccc1)C(=O)N1CC(N=[N+]=[N-])C[C@H]1C(=O)N[C@@H](CCC(N)=O)C(=O)N1CCC[C@H]1C(=O)N[C@@H](CCC(=O)O)C(=O)N[C@@H](CC(C)C)C(=O)N1CCC[C@H]1C(=O)N[C@@H](Cc1ccc(O)cc1)C(=O)N1CCC[C@H]1C(=O)N[C@@H](CCC(N)=O)C(=O)O. The van der Waals surface area contributed by atoms with Gasteiger partial charge in [-0.2, -0.15) is 0 Å². The molecular weight excluding hydrogens is 1590 g/mol. The normalized spacial score (nSPS) is 21.2. The van der Waals surface area contributed by atoms with Crippen LogP contribution in [0.5, 0.6) is 5.75 Å². The molecule has 42 nitrogen and oxygen atoms in total. The molecule has 18 N–H and O–H groups in total. The van der Waals surface area contributed by atoms with Crippen LogP contribution in [0.15, 0.2) is 59.7 Å². The molecule has 15 atom stereocenters. The number of nitrogens with zero attached hydrogens (tertiary/aromatic N) is 8. The summed E-state index contributed by atoms with van der Waals surface area (Å²) in [5.41, 5.74) is 27.1. The fourth-order valence-electron chi connectivity index (χ4n) is 16.3. The van der Waals surface area contributed by atoms with E-state index in [1.54, 1.807) is 58.0 Å². The number of primary amides is 3. The van der Waals surface area contributed by atoms with Crippen molar-refractivity contribution in [1.82, 2.24) is 72.4 Å². The number of carbonyl (C=O) groups is 19. The van der Waals surface area contributed by atoms with E-state index in [2.05, 4.69) is 57.9 Å². The van der Waals surface area contributed by atoms with Crippen LogP contribution < -0.4 is 65.1 Å². The van der Waals surface area contributed by atoms with Crippen LogP contribution in [-0.2, 0) is 104 Å². The molecule has 0 radical (unpaired) electrons. The van der Waals surface area contributed by atoms with Crippen molar-refractivity contribution in [2.45, 2.75) is 266 Å². The summed E-state index contributed by atoms with van der Waals surface area (Å²) in [4.78, 5) is 271. The molecule has 0 bridgehead atoms. The highest BCUT2D eigenvalue weighted by Crippen LogP contribution is 2.30. The van der Waals surface area contributed by atoms with Crippen LogP contribution >= 0.6 is 0 Å². The van der Waals surface area contributed by atoms with Gasteiger partial charge in [0.25, 0.3) is 0 Å². The Bertz CT molecular complexity index is 4280. The van der Waals surface area contributed by atoms with Crippen molar-refractivity contribution >= 4 is 112 Å². The standard InChI is InChI=1S/C80H112N20O22/c1-42(2)36-53(90-67(108)48-25-30-65(105)85-48)69(110)87-50(22-27-62(81)102)75(116)97-33-9-16-59(97)72(113)93-56(38-44-12-6-5-7-13-44)79(120)100-41-46(94-95-84)40-61(100)74(115)88-51(23-28-63(82)103)76(117)96-32-8-14-57(96)70(111)86-49(26-31-66(106)107)68(109)91-54(37-43(3)4)77(118)98-34-11-17-60(98)73(114)92-55(39-45-18-20-47(101)21-19-45)78(119)99-35-10-15-58(99)71(112)89-52(80(121)122)24-29-64(83)104/h5-7,12-13,18-21,42-43,46,48-61,101H,8-11,14-17,22-41H2,1-4H3,(H2,81,102)(H2,82,103)(H2,83,104)(H,85,105)(H,86,111)(H,87,110)(H,88,115)(H,89,112)(H,90,108)(H,91,109)(H,92,114)(H,93,113)(H,106,107)(H,121,122)/t46?,48-,49-,50-,51-,52-,53-,54-,55-,56-,57-,58-,59-,60-,61-/m0/s1. The number of carboxylic acids is 2. The third-order valence-corrected chi connectivity index (χ3v) is 22.5. The first-order valence-corrected chi connectivity index (χ1v) is 41.3. The quantitative estimate of drug-likeness (QED) is 0.0184. The number of amides is 17. The summed E-state index contributed by atoms with van der Waals surface area (Å²) in [7, 11) is 0. The van der Waals surface area contributed by atoms with Gasteiger partial charge in [0.1, 0.15) is 90.3 Å². The molecule has 6 aliphatic rings. The van der Waals surface area contributed by atoms with Gasteiger partial charge >= 0.3 is 11.9 Å². The lowest BCUT2D eigenvalue weighted by atomic mass is 10.0. The minimum atomic E-state index is -1.71. The average Bonchev–Trinajstić information content (AvgIpc) is 1.63. The number of rotatable bonds is 43. The number of likely N-dealkylation sites (tertiary alicyclic amines) is 5. The van der Waals surface area contributed by atoms with Gasteiger partial charge in [0.15, 0.2) is 0 Å². The van der Waals surface area contributed by atoms with Gasteiger partial charge in [-0.15, -0.1) is 0 Å². The maximum absolute atomic E-state index is 15.4. The summed E-state index contributed by atoms with van der Waals surface area (Å²) in [6, 6.07) is -6.70. The molecule has 122 heavy (non-hydrogen) atoms. The Labute approximate surface area is 703 Å². The second-order valence-electron chi connectivity index (χ2n) is 32.6. The Morgan fingerprint density at radius 3 is 1.25 bits per heavy atom. The van der Waals surface area contributed by atoms with Gasteiger partial charge < -0.3 is 105 Å². The van der Waals surface area contributed by atoms with Gasteiger partial charge in [0, 0.05) is 82.6 Å². The maximum Gasteiger partial charge on any atom is 0.326 e. The Morgan fingerprint density at radius 2 is 0.820 bits per heavy atom. The van der Waals surface area contributed by atoms with Gasteiger partial charge in [-0.05, 0) is 143 Å². The molecular formula is C80H112N20O22. The van der Waals surface area contributed by atoms with Crippen LogP contribution in [0.4, 0.5) is 0 Å². The van der Waals surface area contributed by atoms with Crippen LogP contribution in [0.1, 0.15) is 174 Å². The number of hydrogen-bond donors (Lipinski definition) is 15. The van der Waals surface area contributed by atoms with Gasteiger partial charge in [0.05, 0.1) is 6.04 Å².